The van der Waals surface area contributed by atoms with E-state index in [1.807, 2.05) is 77.7 Å². The highest BCUT2D eigenvalue weighted by Gasteiger charge is 2.15. The van der Waals surface area contributed by atoms with Gasteiger partial charge in [-0.15, -0.1) is 0 Å². The molecule has 0 bridgehead atoms. The second-order valence-electron chi connectivity index (χ2n) is 7.40. The number of amides is 1. The van der Waals surface area contributed by atoms with E-state index < -0.39 is 0 Å². The fourth-order valence-corrected chi connectivity index (χ4v) is 3.34. The van der Waals surface area contributed by atoms with Crippen molar-refractivity contribution >= 4 is 5.91 Å². The number of ether oxygens (including phenoxy) is 1. The summed E-state index contributed by atoms with van der Waals surface area (Å²) < 4.78 is 5.96. The average molecular weight is 403 g/mol. The van der Waals surface area contributed by atoms with Crippen molar-refractivity contribution in [3.05, 3.63) is 96.1 Å². The van der Waals surface area contributed by atoms with Crippen molar-refractivity contribution in [1.82, 2.24) is 4.90 Å². The maximum absolute atomic E-state index is 13.0. The molecule has 0 saturated carbocycles. The molecule has 1 amide bonds. The van der Waals surface area contributed by atoms with Gasteiger partial charge in [-0.05, 0) is 54.8 Å². The molecule has 0 aliphatic rings. The molecule has 2 N–H and O–H groups in total. The molecule has 4 nitrogen and oxygen atoms in total. The number of hydrogen-bond donors (Lipinski definition) is 1. The van der Waals surface area contributed by atoms with Crippen molar-refractivity contribution in [3.63, 3.8) is 0 Å². The fourth-order valence-electron chi connectivity index (χ4n) is 3.34. The summed E-state index contributed by atoms with van der Waals surface area (Å²) in [4.78, 5) is 14.9. The number of carbonyl (C=O) groups is 1. The number of para-hydroxylation sites is 1. The monoisotopic (exact) mass is 402 g/mol. The van der Waals surface area contributed by atoms with Gasteiger partial charge in [0.15, 0.2) is 0 Å². The third-order valence-corrected chi connectivity index (χ3v) is 4.91. The van der Waals surface area contributed by atoms with Gasteiger partial charge in [-0.1, -0.05) is 67.1 Å². The van der Waals surface area contributed by atoms with Crippen molar-refractivity contribution < 1.29 is 9.53 Å². The predicted molar refractivity (Wildman–Crippen MR) is 121 cm³/mol. The zero-order valence-electron chi connectivity index (χ0n) is 17.4. The highest BCUT2D eigenvalue weighted by atomic mass is 16.5. The molecule has 0 radical (unpaired) electrons. The van der Waals surface area contributed by atoms with Crippen LogP contribution in [0.25, 0.3) is 0 Å². The molecule has 0 aliphatic heterocycles. The van der Waals surface area contributed by atoms with Crippen LogP contribution in [-0.4, -0.2) is 17.4 Å². The molecular formula is C26H30N2O2. The van der Waals surface area contributed by atoms with Gasteiger partial charge in [0.2, 0.25) is 5.91 Å². The molecular weight excluding hydrogens is 372 g/mol. The molecule has 0 aliphatic carbocycles. The summed E-state index contributed by atoms with van der Waals surface area (Å²) in [7, 11) is 0. The summed E-state index contributed by atoms with van der Waals surface area (Å²) in [5.74, 6) is 1.74. The smallest absolute Gasteiger partial charge is 0.223 e. The van der Waals surface area contributed by atoms with E-state index in [4.69, 9.17) is 10.5 Å². The highest BCUT2D eigenvalue weighted by molar-refractivity contribution is 5.76. The van der Waals surface area contributed by atoms with Crippen LogP contribution >= 0.6 is 0 Å². The third-order valence-electron chi connectivity index (χ3n) is 4.91. The maximum atomic E-state index is 13.0. The van der Waals surface area contributed by atoms with Gasteiger partial charge in [0.1, 0.15) is 11.5 Å². The largest absolute Gasteiger partial charge is 0.457 e. The third kappa shape index (κ3) is 7.05. The molecule has 0 aromatic heterocycles. The van der Waals surface area contributed by atoms with Crippen molar-refractivity contribution in [2.45, 2.75) is 38.8 Å². The minimum atomic E-state index is 0.172. The van der Waals surface area contributed by atoms with Crippen LogP contribution in [0.2, 0.25) is 0 Å². The van der Waals surface area contributed by atoms with Crippen LogP contribution in [0.15, 0.2) is 84.9 Å². The number of benzene rings is 3. The van der Waals surface area contributed by atoms with Gasteiger partial charge >= 0.3 is 0 Å². The summed E-state index contributed by atoms with van der Waals surface area (Å²) in [5.41, 5.74) is 7.75. The van der Waals surface area contributed by atoms with E-state index >= 15 is 0 Å². The van der Waals surface area contributed by atoms with Crippen LogP contribution in [0.1, 0.15) is 36.8 Å². The van der Waals surface area contributed by atoms with Crippen LogP contribution in [0, 0.1) is 0 Å². The van der Waals surface area contributed by atoms with E-state index in [-0.39, 0.29) is 5.91 Å². The van der Waals surface area contributed by atoms with Gasteiger partial charge in [-0.3, -0.25) is 4.79 Å². The van der Waals surface area contributed by atoms with Crippen molar-refractivity contribution in [2.75, 3.05) is 6.54 Å². The van der Waals surface area contributed by atoms with Gasteiger partial charge in [0.05, 0.1) is 0 Å². The van der Waals surface area contributed by atoms with Gasteiger partial charge in [-0.25, -0.2) is 0 Å². The quantitative estimate of drug-likeness (QED) is 0.429. The van der Waals surface area contributed by atoms with E-state index in [1.54, 1.807) is 0 Å². The van der Waals surface area contributed by atoms with Crippen molar-refractivity contribution in [3.8, 4) is 11.5 Å². The second kappa shape index (κ2) is 11.8. The highest BCUT2D eigenvalue weighted by Crippen LogP contribution is 2.23. The molecule has 0 saturated heterocycles. The Morgan fingerprint density at radius 1 is 0.733 bits per heavy atom. The molecule has 0 unspecified atom stereocenters. The molecule has 0 heterocycles. The number of hydrogen-bond acceptors (Lipinski definition) is 3. The van der Waals surface area contributed by atoms with Crippen molar-refractivity contribution in [2.24, 2.45) is 5.73 Å². The number of unbranched alkanes of at least 4 members (excludes halogenated alkanes) is 2. The summed E-state index contributed by atoms with van der Waals surface area (Å²) in [6.07, 6.45) is 3.37. The Bertz CT molecular complexity index is 897. The topological polar surface area (TPSA) is 55.6 Å². The van der Waals surface area contributed by atoms with E-state index in [0.717, 1.165) is 41.9 Å². The minimum absolute atomic E-state index is 0.172. The maximum Gasteiger partial charge on any atom is 0.223 e. The van der Waals surface area contributed by atoms with E-state index in [0.29, 0.717) is 26.1 Å². The van der Waals surface area contributed by atoms with E-state index in [9.17, 15) is 4.79 Å². The van der Waals surface area contributed by atoms with Gasteiger partial charge in [-0.2, -0.15) is 0 Å². The SMILES string of the molecule is NCCCCCC(=O)N(Cc1ccccc1)Cc1cccc(Oc2ccccc2)c1. The Hall–Kier alpha value is -3.11. The molecule has 0 spiro atoms. The Labute approximate surface area is 179 Å². The van der Waals surface area contributed by atoms with E-state index in [1.165, 1.54) is 0 Å². The average Bonchev–Trinajstić information content (AvgIpc) is 2.78. The zero-order valence-corrected chi connectivity index (χ0v) is 17.4. The lowest BCUT2D eigenvalue weighted by Gasteiger charge is -2.23. The Balaban J connectivity index is 1.69. The van der Waals surface area contributed by atoms with Crippen molar-refractivity contribution in [1.29, 1.82) is 0 Å². The van der Waals surface area contributed by atoms with E-state index in [2.05, 4.69) is 12.1 Å². The number of nitrogens with two attached hydrogens (primary N) is 1. The molecule has 3 aromatic carbocycles. The standard InChI is InChI=1S/C26H30N2O2/c27-18-9-3-8-17-26(29)28(20-22-11-4-1-5-12-22)21-23-13-10-16-25(19-23)30-24-14-6-2-7-15-24/h1-2,4-7,10-16,19H,3,8-9,17-18,20-21,27H2. The molecule has 3 aromatic rings. The first-order valence-electron chi connectivity index (χ1n) is 10.6. The zero-order chi connectivity index (χ0) is 21.0. The minimum Gasteiger partial charge on any atom is -0.457 e. The van der Waals surface area contributed by atoms with Gasteiger partial charge < -0.3 is 15.4 Å². The molecule has 3 rings (SSSR count). The normalized spacial score (nSPS) is 10.6. The Kier molecular flexibility index (Phi) is 8.48. The molecule has 30 heavy (non-hydrogen) atoms. The Morgan fingerprint density at radius 3 is 2.10 bits per heavy atom. The van der Waals surface area contributed by atoms with Crippen LogP contribution in [0.5, 0.6) is 11.5 Å². The van der Waals surface area contributed by atoms with Crippen LogP contribution in [0.4, 0.5) is 0 Å². The predicted octanol–water partition coefficient (Wildman–Crippen LogP) is 5.53. The molecule has 156 valence electrons. The van der Waals surface area contributed by atoms with Gasteiger partial charge in [0.25, 0.3) is 0 Å². The lowest BCUT2D eigenvalue weighted by Crippen LogP contribution is -2.30. The lowest BCUT2D eigenvalue weighted by atomic mass is 10.1. The summed E-state index contributed by atoms with van der Waals surface area (Å²) in [5, 5.41) is 0. The number of carbonyl (C=O) groups excluding carboxylic acids is 1. The summed E-state index contributed by atoms with van der Waals surface area (Å²) in [6.45, 7) is 1.83. The number of rotatable bonds is 11. The molecule has 0 atom stereocenters. The fraction of sp³-hybridized carbons (Fsp3) is 0.269. The summed E-state index contributed by atoms with van der Waals surface area (Å²) in [6, 6.07) is 27.8. The summed E-state index contributed by atoms with van der Waals surface area (Å²) >= 11 is 0. The number of nitrogens with zero attached hydrogens (tertiary/aromatic N) is 1. The first-order valence-corrected chi connectivity index (χ1v) is 10.6. The van der Waals surface area contributed by atoms with Crippen LogP contribution in [-0.2, 0) is 17.9 Å². The first-order chi connectivity index (χ1) is 14.7. The molecule has 0 fully saturated rings. The Morgan fingerprint density at radius 2 is 1.37 bits per heavy atom. The second-order valence-corrected chi connectivity index (χ2v) is 7.40. The van der Waals surface area contributed by atoms with Gasteiger partial charge in [0, 0.05) is 19.5 Å². The van der Waals surface area contributed by atoms with Crippen LogP contribution in [0.3, 0.4) is 0 Å². The lowest BCUT2D eigenvalue weighted by molar-refractivity contribution is -0.132. The van der Waals surface area contributed by atoms with Crippen LogP contribution < -0.4 is 10.5 Å². The first kappa shape index (κ1) is 21.6. The molecule has 4 heteroatoms.